The average molecular weight is 274 g/mol. The number of aryl methyl sites for hydroxylation is 2. The molecule has 0 spiro atoms. The lowest BCUT2D eigenvalue weighted by Gasteiger charge is -2.04. The smallest absolute Gasteiger partial charge is 0.109 e. The van der Waals surface area contributed by atoms with E-state index in [1.54, 1.807) is 15.6 Å². The van der Waals surface area contributed by atoms with E-state index in [2.05, 4.69) is 15.5 Å². The monoisotopic (exact) mass is 273 g/mol. The molecule has 0 saturated carbocycles. The van der Waals surface area contributed by atoms with Crippen molar-refractivity contribution in [1.29, 1.82) is 0 Å². The van der Waals surface area contributed by atoms with Crippen LogP contribution in [0.2, 0.25) is 0 Å². The maximum atomic E-state index is 12.2. The fraction of sp³-hybridized carbons (Fsp3) is 0.455. The second kappa shape index (κ2) is 6.39. The van der Waals surface area contributed by atoms with Gasteiger partial charge in [0, 0.05) is 25.4 Å². The second-order valence-electron chi connectivity index (χ2n) is 3.93. The predicted molar refractivity (Wildman–Crippen MR) is 70.7 cm³/mol. The molecule has 2 heterocycles. The van der Waals surface area contributed by atoms with Gasteiger partial charge < -0.3 is 5.32 Å². The maximum absolute atomic E-state index is 12.2. The van der Waals surface area contributed by atoms with E-state index >= 15 is 0 Å². The topological polar surface area (TPSA) is 47.7 Å². The summed E-state index contributed by atoms with van der Waals surface area (Å²) in [7, 11) is 1.88. The summed E-state index contributed by atoms with van der Waals surface area (Å²) in [5.41, 5.74) is 2.99. The van der Waals surface area contributed by atoms with Gasteiger partial charge in [-0.05, 0) is 6.92 Å². The molecule has 7 heteroatoms. The largest absolute Gasteiger partial charge is 0.378 e. The van der Waals surface area contributed by atoms with E-state index in [0.717, 1.165) is 16.9 Å². The lowest BCUT2D eigenvalue weighted by molar-refractivity contribution is 0.423. The van der Waals surface area contributed by atoms with Crippen LogP contribution in [0.1, 0.15) is 11.3 Å². The molecule has 5 nitrogen and oxygen atoms in total. The standard InChI is InChI=1S/C11H16FN5.ClH/c1-9-11(7-15-17(9)4-3-12)13-5-10-6-14-16(2)8-10;/h6-8,13H,3-5H2,1-2H3;1H. The lowest BCUT2D eigenvalue weighted by atomic mass is 10.3. The first kappa shape index (κ1) is 14.5. The number of alkyl halides is 1. The molecule has 0 aliphatic rings. The van der Waals surface area contributed by atoms with Gasteiger partial charge in [0.2, 0.25) is 0 Å². The Kier molecular flexibility index (Phi) is 5.15. The second-order valence-corrected chi connectivity index (χ2v) is 3.93. The Morgan fingerprint density at radius 1 is 1.33 bits per heavy atom. The van der Waals surface area contributed by atoms with Gasteiger partial charge >= 0.3 is 0 Å². The van der Waals surface area contributed by atoms with Crippen molar-refractivity contribution in [2.24, 2.45) is 7.05 Å². The molecule has 0 saturated heterocycles. The minimum atomic E-state index is -0.398. The van der Waals surface area contributed by atoms with Gasteiger partial charge in [-0.1, -0.05) is 0 Å². The zero-order chi connectivity index (χ0) is 12.3. The Bertz CT molecular complexity index is 493. The van der Waals surface area contributed by atoms with Crippen molar-refractivity contribution in [3.8, 4) is 0 Å². The maximum Gasteiger partial charge on any atom is 0.109 e. The highest BCUT2D eigenvalue weighted by Crippen LogP contribution is 2.14. The lowest BCUT2D eigenvalue weighted by Crippen LogP contribution is -2.05. The molecule has 0 fully saturated rings. The van der Waals surface area contributed by atoms with Crippen LogP contribution in [-0.4, -0.2) is 26.2 Å². The minimum Gasteiger partial charge on any atom is -0.378 e. The van der Waals surface area contributed by atoms with E-state index in [1.165, 1.54) is 0 Å². The molecule has 2 aromatic heterocycles. The minimum absolute atomic E-state index is 0. The molecule has 1 N–H and O–H groups in total. The van der Waals surface area contributed by atoms with Crippen molar-refractivity contribution in [3.05, 3.63) is 29.8 Å². The van der Waals surface area contributed by atoms with Crippen LogP contribution in [0, 0.1) is 6.92 Å². The molecular formula is C11H17ClFN5. The fourth-order valence-corrected chi connectivity index (χ4v) is 1.69. The van der Waals surface area contributed by atoms with Crippen LogP contribution >= 0.6 is 12.4 Å². The third-order valence-electron chi connectivity index (χ3n) is 2.64. The number of halogens is 2. The van der Waals surface area contributed by atoms with Gasteiger partial charge in [0.05, 0.1) is 30.3 Å². The summed E-state index contributed by atoms with van der Waals surface area (Å²) < 4.78 is 15.6. The Morgan fingerprint density at radius 2 is 2.11 bits per heavy atom. The number of nitrogens with zero attached hydrogens (tertiary/aromatic N) is 4. The van der Waals surface area contributed by atoms with Crippen molar-refractivity contribution < 1.29 is 4.39 Å². The summed E-state index contributed by atoms with van der Waals surface area (Å²) in [6.07, 6.45) is 5.49. The first-order valence-corrected chi connectivity index (χ1v) is 5.50. The number of aromatic nitrogens is 4. The first-order valence-electron chi connectivity index (χ1n) is 5.50. The highest BCUT2D eigenvalue weighted by atomic mass is 35.5. The predicted octanol–water partition coefficient (Wildman–Crippen LogP) is 1.93. The summed E-state index contributed by atoms with van der Waals surface area (Å²) in [5, 5.41) is 11.5. The van der Waals surface area contributed by atoms with Crippen LogP contribution in [0.3, 0.4) is 0 Å². The molecule has 0 atom stereocenters. The summed E-state index contributed by atoms with van der Waals surface area (Å²) in [5.74, 6) is 0. The van der Waals surface area contributed by atoms with E-state index in [9.17, 15) is 4.39 Å². The Hall–Kier alpha value is -1.56. The number of anilines is 1. The van der Waals surface area contributed by atoms with Gasteiger partial charge in [0.1, 0.15) is 6.67 Å². The summed E-state index contributed by atoms with van der Waals surface area (Å²) >= 11 is 0. The van der Waals surface area contributed by atoms with Gasteiger partial charge in [0.15, 0.2) is 0 Å². The van der Waals surface area contributed by atoms with Gasteiger partial charge in [-0.25, -0.2) is 4.39 Å². The molecule has 0 radical (unpaired) electrons. The number of nitrogens with one attached hydrogen (secondary N) is 1. The summed E-state index contributed by atoms with van der Waals surface area (Å²) in [6.45, 7) is 2.52. The van der Waals surface area contributed by atoms with Gasteiger partial charge in [-0.2, -0.15) is 10.2 Å². The molecule has 0 bridgehead atoms. The van der Waals surface area contributed by atoms with Gasteiger partial charge in [0.25, 0.3) is 0 Å². The fourth-order valence-electron chi connectivity index (χ4n) is 1.69. The van der Waals surface area contributed by atoms with Gasteiger partial charge in [-0.3, -0.25) is 9.36 Å². The molecule has 2 aromatic rings. The highest BCUT2D eigenvalue weighted by Gasteiger charge is 2.05. The van der Waals surface area contributed by atoms with E-state index in [4.69, 9.17) is 0 Å². The van der Waals surface area contributed by atoms with Crippen LogP contribution in [0.4, 0.5) is 10.1 Å². The normalized spacial score (nSPS) is 10.2. The molecule has 100 valence electrons. The summed E-state index contributed by atoms with van der Waals surface area (Å²) in [4.78, 5) is 0. The third-order valence-corrected chi connectivity index (χ3v) is 2.64. The third kappa shape index (κ3) is 3.22. The molecule has 18 heavy (non-hydrogen) atoms. The van der Waals surface area contributed by atoms with Crippen molar-refractivity contribution in [3.63, 3.8) is 0 Å². The quantitative estimate of drug-likeness (QED) is 0.906. The Morgan fingerprint density at radius 3 is 2.72 bits per heavy atom. The molecular weight excluding hydrogens is 257 g/mol. The SMILES string of the molecule is Cc1c(NCc2cnn(C)c2)cnn1CCF.Cl. The molecule has 0 unspecified atom stereocenters. The van der Waals surface area contributed by atoms with Crippen molar-refractivity contribution in [1.82, 2.24) is 19.6 Å². The molecule has 0 amide bonds. The zero-order valence-electron chi connectivity index (χ0n) is 10.4. The van der Waals surface area contributed by atoms with Crippen LogP contribution in [0.5, 0.6) is 0 Å². The average Bonchev–Trinajstić information content (AvgIpc) is 2.86. The van der Waals surface area contributed by atoms with Crippen LogP contribution in [0.15, 0.2) is 18.6 Å². The van der Waals surface area contributed by atoms with Crippen molar-refractivity contribution >= 4 is 18.1 Å². The van der Waals surface area contributed by atoms with E-state index < -0.39 is 6.67 Å². The van der Waals surface area contributed by atoms with Crippen LogP contribution < -0.4 is 5.32 Å². The van der Waals surface area contributed by atoms with Gasteiger partial charge in [-0.15, -0.1) is 12.4 Å². The highest BCUT2D eigenvalue weighted by molar-refractivity contribution is 5.85. The number of rotatable bonds is 5. The van der Waals surface area contributed by atoms with Crippen molar-refractivity contribution in [2.75, 3.05) is 12.0 Å². The molecule has 2 rings (SSSR count). The zero-order valence-corrected chi connectivity index (χ0v) is 11.2. The molecule has 0 aliphatic carbocycles. The Balaban J connectivity index is 0.00000162. The first-order chi connectivity index (χ1) is 8.20. The summed E-state index contributed by atoms with van der Waals surface area (Å²) in [6, 6.07) is 0. The van der Waals surface area contributed by atoms with Crippen LogP contribution in [-0.2, 0) is 20.1 Å². The van der Waals surface area contributed by atoms with Crippen LogP contribution in [0.25, 0.3) is 0 Å². The number of hydrogen-bond donors (Lipinski definition) is 1. The van der Waals surface area contributed by atoms with E-state index in [1.807, 2.05) is 26.4 Å². The molecule has 0 aromatic carbocycles. The van der Waals surface area contributed by atoms with E-state index in [0.29, 0.717) is 13.1 Å². The Labute approximate surface area is 111 Å². The van der Waals surface area contributed by atoms with E-state index in [-0.39, 0.29) is 12.4 Å². The molecule has 0 aliphatic heterocycles. The van der Waals surface area contributed by atoms with Crippen molar-refractivity contribution in [2.45, 2.75) is 20.0 Å². The number of hydrogen-bond acceptors (Lipinski definition) is 3.